The van der Waals surface area contributed by atoms with Crippen molar-refractivity contribution in [3.63, 3.8) is 0 Å². The fraction of sp³-hybridized carbons (Fsp3) is 0.765. The summed E-state index contributed by atoms with van der Waals surface area (Å²) in [4.78, 5) is 11.6. The summed E-state index contributed by atoms with van der Waals surface area (Å²) >= 11 is 0. The van der Waals surface area contributed by atoms with Gasteiger partial charge in [0.15, 0.2) is 0 Å². The Morgan fingerprint density at radius 1 is 1.19 bits per heavy atom. The zero-order valence-electron chi connectivity index (χ0n) is 14.0. The largest absolute Gasteiger partial charge is 0.355 e. The summed E-state index contributed by atoms with van der Waals surface area (Å²) in [7, 11) is 0. The smallest absolute Gasteiger partial charge is 0.147 e. The second kappa shape index (κ2) is 7.74. The maximum atomic E-state index is 4.78. The van der Waals surface area contributed by atoms with Crippen LogP contribution in [-0.2, 0) is 6.54 Å². The Morgan fingerprint density at radius 3 is 2.71 bits per heavy atom. The number of anilines is 1. The van der Waals surface area contributed by atoms with E-state index in [1.54, 1.807) is 0 Å². The molecule has 1 unspecified atom stereocenters. The molecule has 0 spiro atoms. The fourth-order valence-corrected chi connectivity index (χ4v) is 2.96. The Hall–Kier alpha value is -1.16. The normalized spacial score (nSPS) is 20.1. The molecule has 0 radical (unpaired) electrons. The van der Waals surface area contributed by atoms with Gasteiger partial charge in [0.1, 0.15) is 5.82 Å². The lowest BCUT2D eigenvalue weighted by atomic mass is 9.89. The molecule has 0 saturated carbocycles. The Morgan fingerprint density at radius 2 is 2.00 bits per heavy atom. The lowest BCUT2D eigenvalue weighted by Gasteiger charge is -2.22. The molecule has 0 aromatic carbocycles. The van der Waals surface area contributed by atoms with Crippen molar-refractivity contribution in [3.8, 4) is 0 Å². The van der Waals surface area contributed by atoms with Gasteiger partial charge in [0.2, 0.25) is 0 Å². The quantitative estimate of drug-likeness (QED) is 0.904. The van der Waals surface area contributed by atoms with Gasteiger partial charge in [-0.15, -0.1) is 0 Å². The molecule has 0 amide bonds. The molecule has 1 saturated heterocycles. The molecule has 21 heavy (non-hydrogen) atoms. The predicted molar refractivity (Wildman–Crippen MR) is 88.4 cm³/mol. The monoisotopic (exact) mass is 290 g/mol. The Balaban J connectivity index is 1.99. The van der Waals surface area contributed by atoms with Gasteiger partial charge in [0.25, 0.3) is 0 Å². The Kier molecular flexibility index (Phi) is 5.97. The molecule has 4 heteroatoms. The molecule has 1 aliphatic heterocycles. The predicted octanol–water partition coefficient (Wildman–Crippen LogP) is 3.24. The van der Waals surface area contributed by atoms with Crippen molar-refractivity contribution in [3.05, 3.63) is 18.1 Å². The maximum absolute atomic E-state index is 4.78. The van der Waals surface area contributed by atoms with Gasteiger partial charge in [-0.1, -0.05) is 27.7 Å². The van der Waals surface area contributed by atoms with Crippen LogP contribution in [0.3, 0.4) is 0 Å². The van der Waals surface area contributed by atoms with Crippen LogP contribution in [0.5, 0.6) is 0 Å². The Labute approximate surface area is 129 Å². The minimum absolute atomic E-state index is 0.473. The van der Waals surface area contributed by atoms with Gasteiger partial charge in [-0.05, 0) is 31.1 Å². The first-order chi connectivity index (χ1) is 10.1. The molecule has 118 valence electrons. The van der Waals surface area contributed by atoms with Crippen molar-refractivity contribution in [1.82, 2.24) is 15.3 Å². The molecule has 1 aliphatic rings. The number of rotatable bonds is 5. The van der Waals surface area contributed by atoms with Crippen molar-refractivity contribution in [2.24, 2.45) is 11.8 Å². The van der Waals surface area contributed by atoms with Gasteiger partial charge in [0, 0.05) is 31.9 Å². The number of nitrogens with one attached hydrogen (secondary N) is 1. The van der Waals surface area contributed by atoms with Crippen molar-refractivity contribution in [2.45, 2.75) is 59.5 Å². The molecule has 1 atom stereocenters. The summed E-state index contributed by atoms with van der Waals surface area (Å²) in [5.74, 6) is 2.69. The van der Waals surface area contributed by atoms with Crippen LogP contribution in [0.4, 0.5) is 5.82 Å². The number of aromatic nitrogens is 2. The first-order valence-electron chi connectivity index (χ1n) is 8.35. The van der Waals surface area contributed by atoms with E-state index in [-0.39, 0.29) is 0 Å². The summed E-state index contributed by atoms with van der Waals surface area (Å²) in [5.41, 5.74) is 1.03. The summed E-state index contributed by atoms with van der Waals surface area (Å²) in [6.07, 6.45) is 7.66. The molecule has 0 aliphatic carbocycles. The van der Waals surface area contributed by atoms with Crippen LogP contribution in [0, 0.1) is 11.8 Å². The van der Waals surface area contributed by atoms with E-state index in [1.165, 1.54) is 19.3 Å². The van der Waals surface area contributed by atoms with E-state index in [4.69, 9.17) is 4.98 Å². The molecule has 1 N–H and O–H groups in total. The minimum Gasteiger partial charge on any atom is -0.355 e. The minimum atomic E-state index is 0.473. The van der Waals surface area contributed by atoms with Gasteiger partial charge >= 0.3 is 0 Å². The third-order valence-electron chi connectivity index (χ3n) is 4.40. The van der Waals surface area contributed by atoms with Gasteiger partial charge in [0.05, 0.1) is 11.9 Å². The number of hydrogen-bond acceptors (Lipinski definition) is 4. The SMILES string of the molecule is CC(C)NCc1cncc(N2CCCC(C(C)C)CC2)n1. The molecule has 1 aromatic rings. The molecule has 2 heterocycles. The van der Waals surface area contributed by atoms with Crippen LogP contribution in [0.2, 0.25) is 0 Å². The highest BCUT2D eigenvalue weighted by Crippen LogP contribution is 2.26. The van der Waals surface area contributed by atoms with Crippen molar-refractivity contribution >= 4 is 5.82 Å². The summed E-state index contributed by atoms with van der Waals surface area (Å²) in [6.45, 7) is 12.0. The molecule has 0 bridgehead atoms. The van der Waals surface area contributed by atoms with Gasteiger partial charge in [-0.3, -0.25) is 4.98 Å². The van der Waals surface area contributed by atoms with Crippen molar-refractivity contribution in [1.29, 1.82) is 0 Å². The fourth-order valence-electron chi connectivity index (χ4n) is 2.96. The standard InChI is InChI=1S/C17H30N4/c1-13(2)15-6-5-8-21(9-7-15)17-12-18-10-16(20-17)11-19-14(3)4/h10,12-15,19H,5-9,11H2,1-4H3. The lowest BCUT2D eigenvalue weighted by molar-refractivity contribution is 0.351. The molecule has 1 fully saturated rings. The molecular weight excluding hydrogens is 260 g/mol. The zero-order chi connectivity index (χ0) is 15.2. The topological polar surface area (TPSA) is 41.1 Å². The first-order valence-corrected chi connectivity index (χ1v) is 8.35. The highest BCUT2D eigenvalue weighted by Gasteiger charge is 2.20. The van der Waals surface area contributed by atoms with E-state index in [1.807, 2.05) is 12.4 Å². The van der Waals surface area contributed by atoms with Crippen LogP contribution in [0.25, 0.3) is 0 Å². The second-order valence-electron chi connectivity index (χ2n) is 6.83. The molecule has 2 rings (SSSR count). The maximum Gasteiger partial charge on any atom is 0.147 e. The second-order valence-corrected chi connectivity index (χ2v) is 6.83. The lowest BCUT2D eigenvalue weighted by Crippen LogP contribution is -2.27. The van der Waals surface area contributed by atoms with Crippen LogP contribution in [0.15, 0.2) is 12.4 Å². The van der Waals surface area contributed by atoms with E-state index >= 15 is 0 Å². The van der Waals surface area contributed by atoms with Crippen LogP contribution in [-0.4, -0.2) is 29.1 Å². The number of hydrogen-bond donors (Lipinski definition) is 1. The average molecular weight is 290 g/mol. The average Bonchev–Trinajstić information content (AvgIpc) is 2.71. The van der Waals surface area contributed by atoms with E-state index in [0.717, 1.165) is 43.0 Å². The number of nitrogens with zero attached hydrogens (tertiary/aromatic N) is 3. The van der Waals surface area contributed by atoms with Crippen molar-refractivity contribution < 1.29 is 0 Å². The van der Waals surface area contributed by atoms with Gasteiger partial charge in [-0.25, -0.2) is 4.98 Å². The summed E-state index contributed by atoms with van der Waals surface area (Å²) in [6, 6.07) is 0.473. The van der Waals surface area contributed by atoms with Crippen molar-refractivity contribution in [2.75, 3.05) is 18.0 Å². The van der Waals surface area contributed by atoms with E-state index < -0.39 is 0 Å². The highest BCUT2D eigenvalue weighted by atomic mass is 15.2. The molecule has 4 nitrogen and oxygen atoms in total. The molecular formula is C17H30N4. The van der Waals surface area contributed by atoms with Gasteiger partial charge in [-0.2, -0.15) is 0 Å². The summed E-state index contributed by atoms with van der Waals surface area (Å²) in [5, 5.41) is 3.41. The van der Waals surface area contributed by atoms with Crippen LogP contribution >= 0.6 is 0 Å². The summed E-state index contributed by atoms with van der Waals surface area (Å²) < 4.78 is 0. The molecule has 1 aromatic heterocycles. The highest BCUT2D eigenvalue weighted by molar-refractivity contribution is 5.36. The third kappa shape index (κ3) is 4.95. The third-order valence-corrected chi connectivity index (χ3v) is 4.40. The van der Waals surface area contributed by atoms with E-state index in [9.17, 15) is 0 Å². The first kappa shape index (κ1) is 16.2. The van der Waals surface area contributed by atoms with E-state index in [2.05, 4.69) is 42.9 Å². The van der Waals surface area contributed by atoms with E-state index in [0.29, 0.717) is 6.04 Å². The van der Waals surface area contributed by atoms with Gasteiger partial charge < -0.3 is 10.2 Å². The van der Waals surface area contributed by atoms with Crippen LogP contribution in [0.1, 0.15) is 52.7 Å². The zero-order valence-corrected chi connectivity index (χ0v) is 14.0. The van der Waals surface area contributed by atoms with Crippen LogP contribution < -0.4 is 10.2 Å². The Bertz CT molecular complexity index is 431.